The van der Waals surface area contributed by atoms with Crippen LogP contribution < -0.4 is 16.0 Å². The number of amides is 3. The number of carbonyl (C=O) groups excluding carboxylic acids is 5. The van der Waals surface area contributed by atoms with Gasteiger partial charge in [-0.15, -0.1) is 0 Å². The zero-order valence-electron chi connectivity index (χ0n) is 23.8. The largest absolute Gasteiger partial charge is 0.457 e. The van der Waals surface area contributed by atoms with Crippen LogP contribution >= 0.6 is 0 Å². The molecule has 1 saturated heterocycles. The molecule has 10 nitrogen and oxygen atoms in total. The molecule has 3 amide bonds. The third-order valence-corrected chi connectivity index (χ3v) is 8.09. The van der Waals surface area contributed by atoms with E-state index in [0.717, 1.165) is 19.3 Å². The van der Waals surface area contributed by atoms with Gasteiger partial charge in [0.25, 0.3) is 5.91 Å². The fourth-order valence-corrected chi connectivity index (χ4v) is 4.93. The first-order valence-electron chi connectivity index (χ1n) is 14.4. The van der Waals surface area contributed by atoms with Crippen molar-refractivity contribution in [1.29, 1.82) is 0 Å². The summed E-state index contributed by atoms with van der Waals surface area (Å²) in [7, 11) is 0. The zero-order valence-corrected chi connectivity index (χ0v) is 23.8. The molecule has 1 aromatic heterocycles. The number of H-pyrrole nitrogens is 1. The molecule has 4 atom stereocenters. The van der Waals surface area contributed by atoms with Gasteiger partial charge in [0.2, 0.25) is 11.8 Å². The Bertz CT molecular complexity index is 1300. The molecule has 2 heterocycles. The number of piperidine rings is 1. The summed E-state index contributed by atoms with van der Waals surface area (Å²) < 4.78 is 19.4. The van der Waals surface area contributed by atoms with Gasteiger partial charge < -0.3 is 25.7 Å². The van der Waals surface area contributed by atoms with Gasteiger partial charge in [-0.05, 0) is 49.7 Å². The van der Waals surface area contributed by atoms with Gasteiger partial charge in [-0.1, -0.05) is 45.7 Å². The van der Waals surface area contributed by atoms with Gasteiger partial charge in [0, 0.05) is 17.8 Å². The van der Waals surface area contributed by atoms with Crippen LogP contribution in [-0.2, 0) is 23.9 Å². The summed E-state index contributed by atoms with van der Waals surface area (Å²) >= 11 is 0. The van der Waals surface area contributed by atoms with Gasteiger partial charge >= 0.3 is 5.97 Å². The smallest absolute Gasteiger partial charge is 0.309 e. The number of fused-ring (bicyclic) bond motifs is 1. The van der Waals surface area contributed by atoms with Crippen LogP contribution in [0.15, 0.2) is 24.3 Å². The lowest BCUT2D eigenvalue weighted by atomic mass is 9.90. The number of hydrogen-bond donors (Lipinski definition) is 4. The molecule has 4 N–H and O–H groups in total. The molecule has 0 radical (unpaired) electrons. The van der Waals surface area contributed by atoms with Crippen LogP contribution in [0.1, 0.15) is 69.8 Å². The molecule has 0 bridgehead atoms. The second kappa shape index (κ2) is 13.3. The predicted molar refractivity (Wildman–Crippen MR) is 149 cm³/mol. The zero-order chi connectivity index (χ0) is 29.7. The first kappa shape index (κ1) is 30.2. The number of aromatic amines is 1. The highest BCUT2D eigenvalue weighted by molar-refractivity contribution is 6.01. The molecule has 1 aliphatic heterocycles. The molecular weight excluding hydrogens is 531 g/mol. The molecule has 222 valence electrons. The molecule has 0 unspecified atom stereocenters. The van der Waals surface area contributed by atoms with Crippen LogP contribution in [0.2, 0.25) is 0 Å². The van der Waals surface area contributed by atoms with Crippen LogP contribution in [0.25, 0.3) is 10.9 Å². The number of rotatable bonds is 13. The fourth-order valence-electron chi connectivity index (χ4n) is 4.93. The first-order chi connectivity index (χ1) is 19.5. The Morgan fingerprint density at radius 2 is 1.80 bits per heavy atom. The third kappa shape index (κ3) is 7.92. The summed E-state index contributed by atoms with van der Waals surface area (Å²) in [6.45, 7) is 5.49. The maximum Gasteiger partial charge on any atom is 0.309 e. The van der Waals surface area contributed by atoms with Crippen molar-refractivity contribution in [2.45, 2.75) is 71.4 Å². The van der Waals surface area contributed by atoms with Crippen LogP contribution in [-0.4, -0.2) is 59.7 Å². The number of esters is 1. The van der Waals surface area contributed by atoms with E-state index in [0.29, 0.717) is 24.8 Å². The molecule has 41 heavy (non-hydrogen) atoms. The molecule has 1 saturated carbocycles. The lowest BCUT2D eigenvalue weighted by molar-refractivity contribution is -0.153. The van der Waals surface area contributed by atoms with Crippen LogP contribution in [0.3, 0.4) is 0 Å². The third-order valence-electron chi connectivity index (χ3n) is 8.09. The van der Waals surface area contributed by atoms with E-state index in [4.69, 9.17) is 4.74 Å². The maximum absolute atomic E-state index is 14.2. The van der Waals surface area contributed by atoms with E-state index < -0.39 is 59.9 Å². The summed E-state index contributed by atoms with van der Waals surface area (Å²) in [5.41, 5.74) is 0.301. The van der Waals surface area contributed by atoms with E-state index in [1.165, 1.54) is 12.1 Å². The van der Waals surface area contributed by atoms with Crippen molar-refractivity contribution in [3.63, 3.8) is 0 Å². The number of Topliss-reactive ketones (excluding diaryl/α,β-unsaturated/α-hetero) is 1. The van der Waals surface area contributed by atoms with Gasteiger partial charge in [-0.2, -0.15) is 0 Å². The predicted octanol–water partition coefficient (Wildman–Crippen LogP) is 3.01. The van der Waals surface area contributed by atoms with E-state index in [2.05, 4.69) is 20.9 Å². The average molecular weight is 571 g/mol. The number of para-hydroxylation sites is 1. The highest BCUT2D eigenvalue weighted by Gasteiger charge is 2.35. The summed E-state index contributed by atoms with van der Waals surface area (Å²) in [6.07, 6.45) is 3.58. The molecule has 1 aromatic carbocycles. The molecule has 2 aromatic rings. The van der Waals surface area contributed by atoms with Crippen molar-refractivity contribution in [2.75, 3.05) is 13.2 Å². The minimum Gasteiger partial charge on any atom is -0.457 e. The van der Waals surface area contributed by atoms with Gasteiger partial charge in [-0.3, -0.25) is 24.0 Å². The monoisotopic (exact) mass is 570 g/mol. The quantitative estimate of drug-likeness (QED) is 0.272. The number of nitrogens with one attached hydrogen (secondary N) is 4. The van der Waals surface area contributed by atoms with E-state index in [-0.39, 0.29) is 35.4 Å². The Morgan fingerprint density at radius 3 is 2.46 bits per heavy atom. The second-order valence-electron chi connectivity index (χ2n) is 11.6. The Kier molecular flexibility index (Phi) is 9.77. The lowest BCUT2D eigenvalue weighted by Crippen LogP contribution is -2.53. The normalized spacial score (nSPS) is 19.2. The van der Waals surface area contributed by atoms with Gasteiger partial charge in [0.05, 0.1) is 17.5 Å². The molecule has 2 fully saturated rings. The number of carbonyl (C=O) groups is 5. The minimum atomic E-state index is -1.08. The summed E-state index contributed by atoms with van der Waals surface area (Å²) in [4.78, 5) is 67.4. The Hall–Kier alpha value is -3.76. The van der Waals surface area contributed by atoms with Crippen molar-refractivity contribution in [3.8, 4) is 0 Å². The van der Waals surface area contributed by atoms with Gasteiger partial charge in [0.1, 0.15) is 17.6 Å². The molecular formula is C30H39FN4O6. The average Bonchev–Trinajstić information content (AvgIpc) is 3.65. The molecule has 2 aliphatic rings. The number of halogens is 1. The maximum atomic E-state index is 14.2. The Balaban J connectivity index is 1.47. The summed E-state index contributed by atoms with van der Waals surface area (Å²) in [5.74, 6) is -3.48. The van der Waals surface area contributed by atoms with Crippen molar-refractivity contribution in [3.05, 3.63) is 35.8 Å². The van der Waals surface area contributed by atoms with E-state index >= 15 is 0 Å². The number of ketones is 1. The van der Waals surface area contributed by atoms with Crippen molar-refractivity contribution in [2.24, 2.45) is 23.7 Å². The Labute approximate surface area is 238 Å². The summed E-state index contributed by atoms with van der Waals surface area (Å²) in [6, 6.07) is 3.98. The standard InChI is InChI=1S/C30H39FN4O6/c1-16(2)17(3)30(40)41-15-25(36)22(14-20-7-5-11-32-27(20)37)34-28(38)23(12-18-9-10-18)35-29(39)24-13-19-6-4-8-21(31)26(19)33-24/h4,6,8,13,16-18,20,22-23,33H,5,7,9-12,14-15H2,1-3H3,(H,32,37)(H,34,38)(H,35,39)/t17-,20-,22-,23-/m0/s1. The minimum absolute atomic E-state index is 0.0274. The molecule has 4 rings (SSSR count). The molecule has 1 aliphatic carbocycles. The van der Waals surface area contributed by atoms with Crippen LogP contribution in [0.4, 0.5) is 4.39 Å². The van der Waals surface area contributed by atoms with Crippen molar-refractivity contribution >= 4 is 40.4 Å². The number of ether oxygens (including phenoxy) is 1. The van der Waals surface area contributed by atoms with Crippen molar-refractivity contribution < 1.29 is 33.1 Å². The van der Waals surface area contributed by atoms with E-state index in [9.17, 15) is 28.4 Å². The van der Waals surface area contributed by atoms with Gasteiger partial charge in [0.15, 0.2) is 12.4 Å². The lowest BCUT2D eigenvalue weighted by Gasteiger charge is -2.28. The molecule has 11 heteroatoms. The highest BCUT2D eigenvalue weighted by atomic mass is 19.1. The van der Waals surface area contributed by atoms with Gasteiger partial charge in [-0.25, -0.2) is 4.39 Å². The topological polar surface area (TPSA) is 146 Å². The van der Waals surface area contributed by atoms with Crippen molar-refractivity contribution in [1.82, 2.24) is 20.9 Å². The van der Waals surface area contributed by atoms with Crippen LogP contribution in [0.5, 0.6) is 0 Å². The first-order valence-corrected chi connectivity index (χ1v) is 14.4. The fraction of sp³-hybridized carbons (Fsp3) is 0.567. The van der Waals surface area contributed by atoms with E-state index in [1.54, 1.807) is 19.1 Å². The number of aromatic nitrogens is 1. The SMILES string of the molecule is CC(C)[C@H](C)C(=O)OCC(=O)[C@H](C[C@@H]1CCCNC1=O)NC(=O)[C@H](CC1CC1)NC(=O)c1cc2cccc(F)c2[nH]1. The highest BCUT2D eigenvalue weighted by Crippen LogP contribution is 2.34. The van der Waals surface area contributed by atoms with E-state index in [1.807, 2.05) is 13.8 Å². The number of hydrogen-bond acceptors (Lipinski definition) is 6. The second-order valence-corrected chi connectivity index (χ2v) is 11.6. The number of benzene rings is 1. The Morgan fingerprint density at radius 1 is 1.05 bits per heavy atom. The van der Waals surface area contributed by atoms with Crippen LogP contribution in [0, 0.1) is 29.5 Å². The summed E-state index contributed by atoms with van der Waals surface area (Å²) in [5, 5.41) is 8.79. The molecule has 0 spiro atoms.